The van der Waals surface area contributed by atoms with Crippen LogP contribution < -0.4 is 15.0 Å². The van der Waals surface area contributed by atoms with Gasteiger partial charge in [-0.15, -0.1) is 0 Å². The van der Waals surface area contributed by atoms with Crippen LogP contribution in [0.5, 0.6) is 11.8 Å². The van der Waals surface area contributed by atoms with Gasteiger partial charge in [0.2, 0.25) is 0 Å². The van der Waals surface area contributed by atoms with Crippen molar-refractivity contribution in [1.82, 2.24) is 29.8 Å². The van der Waals surface area contributed by atoms with Crippen molar-refractivity contribution < 1.29 is 23.0 Å². The van der Waals surface area contributed by atoms with E-state index in [2.05, 4.69) is 32.1 Å². The first-order valence-electron chi connectivity index (χ1n) is 14.7. The fourth-order valence-electron chi connectivity index (χ4n) is 7.93. The third kappa shape index (κ3) is 4.32. The number of fused-ring (bicyclic) bond motifs is 5. The monoisotopic (exact) mass is 613 g/mol. The van der Waals surface area contributed by atoms with Crippen molar-refractivity contribution in [2.24, 2.45) is 0 Å². The fraction of sp³-hybridized carbons (Fsp3) is 0.500. The molecule has 8 rings (SSSR count). The quantitative estimate of drug-likeness (QED) is 0.330. The molecule has 43 heavy (non-hydrogen) atoms. The number of hydrogen-bond acceptors (Lipinski definition) is 8. The molecule has 9 nitrogen and oxygen atoms in total. The normalized spacial score (nSPS) is 28.8. The first kappa shape index (κ1) is 27.2. The number of benzene rings is 1. The van der Waals surface area contributed by atoms with Crippen molar-refractivity contribution >= 4 is 33.8 Å². The third-order valence-electron chi connectivity index (χ3n) is 9.77. The van der Waals surface area contributed by atoms with Gasteiger partial charge >= 0.3 is 6.01 Å². The fourth-order valence-corrected chi connectivity index (χ4v) is 8.16. The van der Waals surface area contributed by atoms with Crippen LogP contribution in [0.3, 0.4) is 0 Å². The van der Waals surface area contributed by atoms with Gasteiger partial charge in [0.15, 0.2) is 5.82 Å². The van der Waals surface area contributed by atoms with Gasteiger partial charge in [-0.3, -0.25) is 4.90 Å². The van der Waals surface area contributed by atoms with Crippen LogP contribution in [0.2, 0.25) is 5.02 Å². The number of rotatable bonds is 5. The number of nitrogens with one attached hydrogen (secondary N) is 1. The Morgan fingerprint density at radius 1 is 1.21 bits per heavy atom. The Balaban J connectivity index is 1.28. The van der Waals surface area contributed by atoms with Crippen LogP contribution >= 0.6 is 11.6 Å². The van der Waals surface area contributed by atoms with Gasteiger partial charge in [0.25, 0.3) is 0 Å². The van der Waals surface area contributed by atoms with Crippen LogP contribution in [0, 0.1) is 11.6 Å². The van der Waals surface area contributed by atoms with Gasteiger partial charge in [-0.1, -0.05) is 11.6 Å². The van der Waals surface area contributed by atoms with Crippen molar-refractivity contribution in [1.29, 1.82) is 0 Å². The van der Waals surface area contributed by atoms with Crippen LogP contribution in [0.1, 0.15) is 39.0 Å². The van der Waals surface area contributed by atoms with Crippen LogP contribution in [0.4, 0.5) is 19.0 Å². The molecule has 226 valence electrons. The molecular weight excluding hydrogens is 583 g/mol. The predicted octanol–water partition coefficient (Wildman–Crippen LogP) is 4.87. The van der Waals surface area contributed by atoms with Gasteiger partial charge in [0.1, 0.15) is 35.7 Å². The lowest BCUT2D eigenvalue weighted by Gasteiger charge is -2.40. The second kappa shape index (κ2) is 9.57. The zero-order valence-electron chi connectivity index (χ0n) is 23.6. The SMILES string of the molecule is C[C@]12CC[C@H](CN(c3nc(OC[C@@]45CCCN4C[C@H](F)C5)nc4c(F)c(-c5cc(O)cn6ncc(Cl)c56)c(F)cc34)C1)N2. The highest BCUT2D eigenvalue weighted by Gasteiger charge is 2.49. The lowest BCUT2D eigenvalue weighted by atomic mass is 9.95. The second-order valence-corrected chi connectivity index (χ2v) is 13.3. The van der Waals surface area contributed by atoms with Gasteiger partial charge in [-0.2, -0.15) is 15.1 Å². The summed E-state index contributed by atoms with van der Waals surface area (Å²) in [6.45, 7) is 4.71. The van der Waals surface area contributed by atoms with Gasteiger partial charge in [-0.25, -0.2) is 17.7 Å². The molecule has 2 bridgehead atoms. The van der Waals surface area contributed by atoms with E-state index in [1.807, 2.05) is 0 Å². The first-order chi connectivity index (χ1) is 20.6. The van der Waals surface area contributed by atoms with E-state index in [4.69, 9.17) is 21.3 Å². The molecular formula is C30H31ClF3N7O2. The topological polar surface area (TPSA) is 91.0 Å². The summed E-state index contributed by atoms with van der Waals surface area (Å²) in [6.07, 6.45) is 5.83. The molecule has 4 aliphatic heterocycles. The molecule has 0 amide bonds. The summed E-state index contributed by atoms with van der Waals surface area (Å²) in [5.41, 5.74) is -0.826. The van der Waals surface area contributed by atoms with E-state index in [1.165, 1.54) is 29.0 Å². The summed E-state index contributed by atoms with van der Waals surface area (Å²) >= 11 is 6.36. The highest BCUT2D eigenvalue weighted by molar-refractivity contribution is 6.34. The minimum absolute atomic E-state index is 0.0372. The number of pyridine rings is 1. The third-order valence-corrected chi connectivity index (χ3v) is 10.0. The molecule has 2 N–H and O–H groups in total. The molecule has 0 aliphatic carbocycles. The number of aromatic hydroxyl groups is 1. The number of aromatic nitrogens is 4. The minimum Gasteiger partial charge on any atom is -0.506 e. The molecule has 0 spiro atoms. The number of alkyl halides is 1. The Labute approximate surface area is 250 Å². The predicted molar refractivity (Wildman–Crippen MR) is 156 cm³/mol. The van der Waals surface area contributed by atoms with Crippen molar-refractivity contribution in [3.05, 3.63) is 41.2 Å². The van der Waals surface area contributed by atoms with E-state index in [1.54, 1.807) is 0 Å². The molecule has 4 aromatic rings. The Bertz CT molecular complexity index is 1790. The number of piperazine rings is 1. The molecule has 4 atom stereocenters. The van der Waals surface area contributed by atoms with Crippen molar-refractivity contribution in [2.45, 2.75) is 62.3 Å². The number of ether oxygens (including phenoxy) is 1. The van der Waals surface area contributed by atoms with E-state index in [-0.39, 0.29) is 57.0 Å². The molecule has 0 unspecified atom stereocenters. The number of hydrogen-bond donors (Lipinski definition) is 2. The molecule has 4 aliphatic rings. The van der Waals surface area contributed by atoms with E-state index >= 15 is 8.78 Å². The Hall–Kier alpha value is -3.35. The lowest BCUT2D eigenvalue weighted by Crippen LogP contribution is -2.58. The molecule has 0 radical (unpaired) electrons. The van der Waals surface area contributed by atoms with Crippen molar-refractivity contribution in [3.63, 3.8) is 0 Å². The molecule has 4 fully saturated rings. The van der Waals surface area contributed by atoms with Crippen molar-refractivity contribution in [3.8, 4) is 22.9 Å². The van der Waals surface area contributed by atoms with Gasteiger partial charge in [-0.05, 0) is 51.3 Å². The standard InChI is InChI=1S/C30H31ClF3N7O2/c1-29-5-3-17(38-29)12-39(14-29)27-20-8-22(33)23(19-7-18(42)13-41-26(19)21(31)10-35-41)24(34)25(20)36-28(37-27)43-15-30-4-2-6-40(30)11-16(32)9-30/h7-8,10,13,16-17,38,42H,2-6,9,11-12,14-15H2,1H3/t16-,17-,29+,30+/m1/s1. The minimum atomic E-state index is -0.928. The Kier molecular flexibility index (Phi) is 6.06. The van der Waals surface area contributed by atoms with Crippen LogP contribution in [0.15, 0.2) is 24.5 Å². The Morgan fingerprint density at radius 3 is 2.91 bits per heavy atom. The zero-order valence-corrected chi connectivity index (χ0v) is 24.3. The maximum absolute atomic E-state index is 16.7. The molecule has 1 aromatic carbocycles. The van der Waals surface area contributed by atoms with Gasteiger partial charge in [0, 0.05) is 48.6 Å². The largest absolute Gasteiger partial charge is 0.506 e. The maximum Gasteiger partial charge on any atom is 0.319 e. The lowest BCUT2D eigenvalue weighted by molar-refractivity contribution is 0.107. The summed E-state index contributed by atoms with van der Waals surface area (Å²) in [5.74, 6) is -1.62. The van der Waals surface area contributed by atoms with Crippen LogP contribution in [-0.4, -0.2) is 85.7 Å². The van der Waals surface area contributed by atoms with E-state index < -0.39 is 28.9 Å². The molecule has 7 heterocycles. The Morgan fingerprint density at radius 2 is 2.07 bits per heavy atom. The average Bonchev–Trinajstić information content (AvgIpc) is 3.68. The molecule has 0 saturated carbocycles. The second-order valence-electron chi connectivity index (χ2n) is 12.9. The first-order valence-corrected chi connectivity index (χ1v) is 15.1. The van der Waals surface area contributed by atoms with Gasteiger partial charge in [0.05, 0.1) is 34.0 Å². The molecule has 4 saturated heterocycles. The highest BCUT2D eigenvalue weighted by Crippen LogP contribution is 2.43. The maximum atomic E-state index is 16.7. The smallest absolute Gasteiger partial charge is 0.319 e. The summed E-state index contributed by atoms with van der Waals surface area (Å²) in [5, 5.41) is 18.5. The number of halogens is 4. The van der Waals surface area contributed by atoms with E-state index in [9.17, 15) is 9.50 Å². The summed E-state index contributed by atoms with van der Waals surface area (Å²) in [6, 6.07) is 2.68. The number of anilines is 1. The zero-order chi connectivity index (χ0) is 29.7. The molecule has 3 aromatic heterocycles. The van der Waals surface area contributed by atoms with E-state index in [0.29, 0.717) is 31.9 Å². The van der Waals surface area contributed by atoms with Gasteiger partial charge < -0.3 is 20.1 Å². The molecule has 13 heteroatoms. The van der Waals surface area contributed by atoms with Crippen LogP contribution in [-0.2, 0) is 0 Å². The van der Waals surface area contributed by atoms with Crippen LogP contribution in [0.25, 0.3) is 27.5 Å². The number of nitrogens with zero attached hydrogens (tertiary/aromatic N) is 6. The average molecular weight is 614 g/mol. The summed E-state index contributed by atoms with van der Waals surface area (Å²) < 4.78 is 54.6. The summed E-state index contributed by atoms with van der Waals surface area (Å²) in [7, 11) is 0. The highest BCUT2D eigenvalue weighted by atomic mass is 35.5. The van der Waals surface area contributed by atoms with Crippen molar-refractivity contribution in [2.75, 3.05) is 37.7 Å². The van der Waals surface area contributed by atoms with E-state index in [0.717, 1.165) is 32.2 Å². The summed E-state index contributed by atoms with van der Waals surface area (Å²) in [4.78, 5) is 13.4.